The summed E-state index contributed by atoms with van der Waals surface area (Å²) in [4.78, 5) is 6.98. The van der Waals surface area contributed by atoms with Crippen LogP contribution in [-0.2, 0) is 16.6 Å². The fraction of sp³-hybridized carbons (Fsp3) is 0.0500. The van der Waals surface area contributed by atoms with Gasteiger partial charge in [0.15, 0.2) is 5.82 Å². The predicted octanol–water partition coefficient (Wildman–Crippen LogP) is 4.06. The number of aromatic nitrogens is 4. The second kappa shape index (κ2) is 8.70. The zero-order valence-corrected chi connectivity index (χ0v) is 17.5. The van der Waals surface area contributed by atoms with Gasteiger partial charge in [0.1, 0.15) is 22.9 Å². The molecule has 2 heterocycles. The number of benzene rings is 2. The molecule has 4 aromatic rings. The average molecular weight is 459 g/mol. The second-order valence-corrected chi connectivity index (χ2v) is 8.58. The van der Waals surface area contributed by atoms with E-state index in [4.69, 9.17) is 11.6 Å². The van der Waals surface area contributed by atoms with Crippen molar-refractivity contribution < 1.29 is 12.8 Å². The Kier molecular flexibility index (Phi) is 5.83. The molecule has 2 N–H and O–H groups in total. The van der Waals surface area contributed by atoms with Crippen molar-refractivity contribution in [3.05, 3.63) is 89.7 Å². The van der Waals surface area contributed by atoms with Crippen LogP contribution in [0.15, 0.2) is 78.2 Å². The SMILES string of the molecule is O=S(=O)(Nc1ccncn1)c1ccc(Nc2ccn(Cc3ccc(Cl)cc3)n2)cc1F. The summed E-state index contributed by atoms with van der Waals surface area (Å²) in [6, 6.07) is 14.2. The smallest absolute Gasteiger partial charge is 0.265 e. The van der Waals surface area contributed by atoms with E-state index in [-0.39, 0.29) is 5.82 Å². The maximum atomic E-state index is 14.5. The Labute approximate surface area is 182 Å². The van der Waals surface area contributed by atoms with E-state index in [0.29, 0.717) is 23.1 Å². The van der Waals surface area contributed by atoms with Crippen LogP contribution in [0.4, 0.5) is 21.7 Å². The Morgan fingerprint density at radius 2 is 1.84 bits per heavy atom. The summed E-state index contributed by atoms with van der Waals surface area (Å²) in [5, 5.41) is 8.00. The van der Waals surface area contributed by atoms with Crippen LogP contribution in [-0.4, -0.2) is 28.2 Å². The molecule has 2 aromatic heterocycles. The van der Waals surface area contributed by atoms with Gasteiger partial charge in [-0.2, -0.15) is 5.10 Å². The van der Waals surface area contributed by atoms with Gasteiger partial charge in [-0.1, -0.05) is 23.7 Å². The summed E-state index contributed by atoms with van der Waals surface area (Å²) in [6.07, 6.45) is 4.34. The van der Waals surface area contributed by atoms with Gasteiger partial charge < -0.3 is 5.32 Å². The van der Waals surface area contributed by atoms with Gasteiger partial charge in [-0.3, -0.25) is 9.40 Å². The Morgan fingerprint density at radius 3 is 2.55 bits per heavy atom. The Morgan fingerprint density at radius 1 is 1.03 bits per heavy atom. The summed E-state index contributed by atoms with van der Waals surface area (Å²) in [5.74, 6) is -0.377. The largest absolute Gasteiger partial charge is 0.339 e. The quantitative estimate of drug-likeness (QED) is 0.433. The lowest BCUT2D eigenvalue weighted by Crippen LogP contribution is -2.15. The third kappa shape index (κ3) is 5.16. The highest BCUT2D eigenvalue weighted by atomic mass is 35.5. The molecule has 11 heteroatoms. The van der Waals surface area contributed by atoms with Crippen molar-refractivity contribution in [2.75, 3.05) is 10.0 Å². The number of rotatable bonds is 7. The molecular weight excluding hydrogens is 443 g/mol. The Balaban J connectivity index is 1.46. The van der Waals surface area contributed by atoms with Gasteiger partial charge in [0.2, 0.25) is 0 Å². The molecule has 0 atom stereocenters. The first kappa shape index (κ1) is 20.8. The molecule has 2 aromatic carbocycles. The molecule has 0 aliphatic heterocycles. The summed E-state index contributed by atoms with van der Waals surface area (Å²) in [5.41, 5.74) is 1.38. The van der Waals surface area contributed by atoms with Crippen LogP contribution >= 0.6 is 11.6 Å². The van der Waals surface area contributed by atoms with E-state index in [1.165, 1.54) is 30.7 Å². The number of halogens is 2. The number of sulfonamides is 1. The highest BCUT2D eigenvalue weighted by molar-refractivity contribution is 7.92. The number of nitrogens with zero attached hydrogens (tertiary/aromatic N) is 4. The van der Waals surface area contributed by atoms with Crippen LogP contribution in [0.25, 0.3) is 0 Å². The molecule has 4 rings (SSSR count). The minimum atomic E-state index is -4.14. The normalized spacial score (nSPS) is 11.3. The maximum absolute atomic E-state index is 14.5. The number of hydrogen-bond donors (Lipinski definition) is 2. The molecule has 0 saturated carbocycles. The van der Waals surface area contributed by atoms with Crippen LogP contribution in [0.3, 0.4) is 0 Å². The van der Waals surface area contributed by atoms with Gasteiger partial charge in [-0.15, -0.1) is 0 Å². The van der Waals surface area contributed by atoms with Crippen LogP contribution in [0.1, 0.15) is 5.56 Å². The predicted molar refractivity (Wildman–Crippen MR) is 115 cm³/mol. The number of anilines is 3. The maximum Gasteiger partial charge on any atom is 0.265 e. The number of nitrogens with one attached hydrogen (secondary N) is 2. The third-order valence-corrected chi connectivity index (χ3v) is 5.85. The highest BCUT2D eigenvalue weighted by Crippen LogP contribution is 2.23. The molecule has 0 aliphatic carbocycles. The topological polar surface area (TPSA) is 102 Å². The fourth-order valence-electron chi connectivity index (χ4n) is 2.78. The Bertz CT molecular complexity index is 1300. The lowest BCUT2D eigenvalue weighted by molar-refractivity contribution is 0.570. The van der Waals surface area contributed by atoms with Crippen LogP contribution in [0, 0.1) is 5.82 Å². The third-order valence-electron chi connectivity index (χ3n) is 4.21. The van der Waals surface area contributed by atoms with Crippen molar-refractivity contribution in [1.82, 2.24) is 19.7 Å². The summed E-state index contributed by atoms with van der Waals surface area (Å²) >= 11 is 5.89. The van der Waals surface area contributed by atoms with Crippen molar-refractivity contribution >= 4 is 38.9 Å². The Hall–Kier alpha value is -3.50. The molecule has 0 amide bonds. The monoisotopic (exact) mass is 458 g/mol. The lowest BCUT2D eigenvalue weighted by atomic mass is 10.2. The van der Waals surface area contributed by atoms with Gasteiger partial charge >= 0.3 is 0 Å². The summed E-state index contributed by atoms with van der Waals surface area (Å²) in [6.45, 7) is 0.541. The molecule has 8 nitrogen and oxygen atoms in total. The van der Waals surface area contributed by atoms with Crippen LogP contribution in [0.2, 0.25) is 5.02 Å². The highest BCUT2D eigenvalue weighted by Gasteiger charge is 2.20. The second-order valence-electron chi connectivity index (χ2n) is 6.50. The van der Waals surface area contributed by atoms with Crippen molar-refractivity contribution in [3.8, 4) is 0 Å². The number of hydrogen-bond acceptors (Lipinski definition) is 6. The molecular formula is C20H16ClFN6O2S. The molecule has 0 fully saturated rings. The van der Waals surface area contributed by atoms with E-state index in [0.717, 1.165) is 11.6 Å². The summed E-state index contributed by atoms with van der Waals surface area (Å²) < 4.78 is 43.3. The van der Waals surface area contributed by atoms with Crippen LogP contribution in [0.5, 0.6) is 0 Å². The minimum absolute atomic E-state index is 0.0443. The van der Waals surface area contributed by atoms with Gasteiger partial charge in [-0.05, 0) is 42.0 Å². The molecule has 0 bridgehead atoms. The van der Waals surface area contributed by atoms with E-state index in [1.807, 2.05) is 12.1 Å². The van der Waals surface area contributed by atoms with Gasteiger partial charge in [0.05, 0.1) is 6.54 Å². The van der Waals surface area contributed by atoms with Crippen LogP contribution < -0.4 is 10.0 Å². The van der Waals surface area contributed by atoms with Gasteiger partial charge in [0, 0.05) is 29.2 Å². The molecule has 0 spiro atoms. The zero-order valence-electron chi connectivity index (χ0n) is 15.9. The molecule has 158 valence electrons. The van der Waals surface area contributed by atoms with Crippen molar-refractivity contribution in [2.24, 2.45) is 0 Å². The standard InChI is InChI=1S/C20H16ClFN6O2S/c21-15-3-1-14(2-4-15)12-28-10-8-20(26-28)25-16-5-6-18(17(22)11-16)31(29,30)27-19-7-9-23-13-24-19/h1-11,13H,12H2,(H,25,26)(H,23,24,27). The first-order valence-electron chi connectivity index (χ1n) is 9.02. The molecule has 0 radical (unpaired) electrons. The summed E-state index contributed by atoms with van der Waals surface area (Å²) in [7, 11) is -4.14. The van der Waals surface area contributed by atoms with E-state index in [1.54, 1.807) is 29.1 Å². The zero-order chi connectivity index (χ0) is 21.8. The minimum Gasteiger partial charge on any atom is -0.339 e. The van der Waals surface area contributed by atoms with E-state index < -0.39 is 20.7 Å². The van der Waals surface area contributed by atoms with Crippen molar-refractivity contribution in [2.45, 2.75) is 11.4 Å². The van der Waals surface area contributed by atoms with E-state index >= 15 is 0 Å². The molecule has 0 unspecified atom stereocenters. The average Bonchev–Trinajstić information content (AvgIpc) is 3.16. The first-order chi connectivity index (χ1) is 14.9. The van der Waals surface area contributed by atoms with Crippen molar-refractivity contribution in [1.29, 1.82) is 0 Å². The lowest BCUT2D eigenvalue weighted by Gasteiger charge is -2.09. The van der Waals surface area contributed by atoms with E-state index in [2.05, 4.69) is 25.1 Å². The first-order valence-corrected chi connectivity index (χ1v) is 10.9. The van der Waals surface area contributed by atoms with Gasteiger partial charge in [-0.25, -0.2) is 22.8 Å². The van der Waals surface area contributed by atoms with E-state index in [9.17, 15) is 12.8 Å². The molecule has 31 heavy (non-hydrogen) atoms. The van der Waals surface area contributed by atoms with Crippen molar-refractivity contribution in [3.63, 3.8) is 0 Å². The molecule has 0 aliphatic rings. The fourth-order valence-corrected chi connectivity index (χ4v) is 3.98. The van der Waals surface area contributed by atoms with Gasteiger partial charge in [0.25, 0.3) is 10.0 Å². The molecule has 0 saturated heterocycles.